The van der Waals surface area contributed by atoms with E-state index in [1.54, 1.807) is 18.6 Å². The molecule has 21 heavy (non-hydrogen) atoms. The first-order valence-electron chi connectivity index (χ1n) is 7.21. The summed E-state index contributed by atoms with van der Waals surface area (Å²) in [6.45, 7) is 4.23. The van der Waals surface area contributed by atoms with Gasteiger partial charge in [-0.3, -0.25) is 14.8 Å². The average Bonchev–Trinajstić information content (AvgIpc) is 2.97. The van der Waals surface area contributed by atoms with Crippen LogP contribution < -0.4 is 0 Å². The van der Waals surface area contributed by atoms with E-state index in [2.05, 4.69) is 28.8 Å². The number of piperidine rings is 1. The number of likely N-dealkylation sites (tertiary alicyclic amines) is 1. The molecule has 6 heteroatoms. The molecule has 2 aromatic rings. The minimum absolute atomic E-state index is 0.0288. The quantitative estimate of drug-likeness (QED) is 0.855. The van der Waals surface area contributed by atoms with E-state index >= 15 is 0 Å². The molecule has 5 nitrogen and oxygen atoms in total. The molecule has 3 rings (SSSR count). The maximum Gasteiger partial charge on any atom is 0.273 e. The molecule has 1 aliphatic heterocycles. The minimum atomic E-state index is 0.0288. The highest BCUT2D eigenvalue weighted by Gasteiger charge is 2.30. The summed E-state index contributed by atoms with van der Waals surface area (Å²) in [6.07, 6.45) is 8.25. The van der Waals surface area contributed by atoms with Gasteiger partial charge in [0.2, 0.25) is 0 Å². The highest BCUT2D eigenvalue weighted by Crippen LogP contribution is 2.27. The first-order valence-corrected chi connectivity index (χ1v) is 8.09. The molecular weight excluding hydrogens is 284 g/mol. The smallest absolute Gasteiger partial charge is 0.273 e. The molecule has 2 aromatic heterocycles. The number of nitrogens with zero attached hydrogens (tertiary/aromatic N) is 4. The summed E-state index contributed by atoms with van der Waals surface area (Å²) in [5, 5.41) is 2.56. The van der Waals surface area contributed by atoms with Crippen LogP contribution in [-0.2, 0) is 0 Å². The number of hydrogen-bond donors (Lipinski definition) is 0. The number of amides is 1. The lowest BCUT2D eigenvalue weighted by Gasteiger charge is -2.38. The molecular formula is C15H18N4OS. The lowest BCUT2D eigenvalue weighted by Crippen LogP contribution is -2.47. The largest absolute Gasteiger partial charge is 0.332 e. The fourth-order valence-electron chi connectivity index (χ4n) is 2.85. The second-order valence-electron chi connectivity index (χ2n) is 5.47. The molecule has 1 amide bonds. The fourth-order valence-corrected chi connectivity index (χ4v) is 3.61. The van der Waals surface area contributed by atoms with Gasteiger partial charge in [-0.05, 0) is 33.1 Å². The van der Waals surface area contributed by atoms with Gasteiger partial charge in [0.15, 0.2) is 0 Å². The molecule has 3 heterocycles. The molecule has 1 aliphatic rings. The van der Waals surface area contributed by atoms with Crippen molar-refractivity contribution in [2.45, 2.75) is 45.2 Å². The molecule has 0 bridgehead atoms. The van der Waals surface area contributed by atoms with Crippen LogP contribution in [0.15, 0.2) is 24.0 Å². The van der Waals surface area contributed by atoms with Crippen molar-refractivity contribution in [2.24, 2.45) is 0 Å². The highest BCUT2D eigenvalue weighted by molar-refractivity contribution is 7.13. The van der Waals surface area contributed by atoms with Crippen LogP contribution in [0, 0.1) is 0 Å². The van der Waals surface area contributed by atoms with Crippen molar-refractivity contribution in [1.82, 2.24) is 19.9 Å². The predicted octanol–water partition coefficient (Wildman–Crippen LogP) is 3.00. The zero-order chi connectivity index (χ0) is 14.8. The van der Waals surface area contributed by atoms with Crippen molar-refractivity contribution in [2.75, 3.05) is 0 Å². The van der Waals surface area contributed by atoms with Crippen molar-refractivity contribution < 1.29 is 4.79 Å². The van der Waals surface area contributed by atoms with E-state index in [1.807, 2.05) is 10.3 Å². The first-order chi connectivity index (χ1) is 10.2. The Kier molecular flexibility index (Phi) is 3.96. The molecule has 0 spiro atoms. The van der Waals surface area contributed by atoms with Gasteiger partial charge in [0.25, 0.3) is 5.91 Å². The van der Waals surface area contributed by atoms with E-state index in [9.17, 15) is 4.79 Å². The SMILES string of the molecule is CC1CCCC(C)N1C(=O)c1csc(-c2cnccn2)n1. The molecule has 2 unspecified atom stereocenters. The standard InChI is InChI=1S/C15H18N4OS/c1-10-4-3-5-11(2)19(10)15(20)13-9-21-14(18-13)12-8-16-6-7-17-12/h6-11H,3-5H2,1-2H3. The average molecular weight is 302 g/mol. The highest BCUT2D eigenvalue weighted by atomic mass is 32.1. The Hall–Kier alpha value is -1.82. The van der Waals surface area contributed by atoms with Crippen molar-refractivity contribution in [3.05, 3.63) is 29.7 Å². The maximum atomic E-state index is 12.7. The fraction of sp³-hybridized carbons (Fsp3) is 0.467. The van der Waals surface area contributed by atoms with Crippen molar-refractivity contribution in [3.63, 3.8) is 0 Å². The maximum absolute atomic E-state index is 12.7. The Labute approximate surface area is 128 Å². The van der Waals surface area contributed by atoms with Gasteiger partial charge in [-0.25, -0.2) is 4.98 Å². The van der Waals surface area contributed by atoms with Gasteiger partial charge < -0.3 is 4.90 Å². The van der Waals surface area contributed by atoms with Gasteiger partial charge >= 0.3 is 0 Å². The number of rotatable bonds is 2. The van der Waals surface area contributed by atoms with Gasteiger partial charge in [0.1, 0.15) is 16.4 Å². The van der Waals surface area contributed by atoms with Crippen LogP contribution in [0.4, 0.5) is 0 Å². The minimum Gasteiger partial charge on any atom is -0.332 e. The predicted molar refractivity (Wildman–Crippen MR) is 82.1 cm³/mol. The van der Waals surface area contributed by atoms with Crippen LogP contribution >= 0.6 is 11.3 Å². The molecule has 0 aliphatic carbocycles. The summed E-state index contributed by atoms with van der Waals surface area (Å²) >= 11 is 1.44. The Morgan fingerprint density at radius 3 is 2.71 bits per heavy atom. The molecule has 2 atom stereocenters. The number of thiazole rings is 1. The topological polar surface area (TPSA) is 59.0 Å². The van der Waals surface area contributed by atoms with Crippen LogP contribution in [0.5, 0.6) is 0 Å². The van der Waals surface area contributed by atoms with E-state index in [4.69, 9.17) is 0 Å². The third-order valence-electron chi connectivity index (χ3n) is 3.93. The van der Waals surface area contributed by atoms with Crippen LogP contribution in [-0.4, -0.2) is 37.8 Å². The number of carbonyl (C=O) groups is 1. The molecule has 0 aromatic carbocycles. The Morgan fingerprint density at radius 2 is 2.05 bits per heavy atom. The molecule has 1 fully saturated rings. The Morgan fingerprint density at radius 1 is 1.29 bits per heavy atom. The van der Waals surface area contributed by atoms with Crippen molar-refractivity contribution in [3.8, 4) is 10.7 Å². The number of aromatic nitrogens is 3. The van der Waals surface area contributed by atoms with Crippen LogP contribution in [0.25, 0.3) is 10.7 Å². The number of carbonyl (C=O) groups excluding carboxylic acids is 1. The molecule has 1 saturated heterocycles. The van der Waals surface area contributed by atoms with Crippen molar-refractivity contribution >= 4 is 17.2 Å². The third kappa shape index (κ3) is 2.81. The zero-order valence-electron chi connectivity index (χ0n) is 12.2. The lowest BCUT2D eigenvalue weighted by molar-refractivity contribution is 0.0505. The Bertz CT molecular complexity index is 618. The number of hydrogen-bond acceptors (Lipinski definition) is 5. The van der Waals surface area contributed by atoms with Crippen LogP contribution in [0.2, 0.25) is 0 Å². The second kappa shape index (κ2) is 5.89. The van der Waals surface area contributed by atoms with E-state index in [0.717, 1.165) is 17.8 Å². The normalized spacial score (nSPS) is 22.3. The molecule has 0 radical (unpaired) electrons. The van der Waals surface area contributed by atoms with Gasteiger partial charge in [-0.15, -0.1) is 11.3 Å². The molecule has 0 saturated carbocycles. The van der Waals surface area contributed by atoms with Crippen LogP contribution in [0.3, 0.4) is 0 Å². The van der Waals surface area contributed by atoms with Gasteiger partial charge in [0.05, 0.1) is 6.20 Å². The Balaban J connectivity index is 1.84. The zero-order valence-corrected chi connectivity index (χ0v) is 13.0. The summed E-state index contributed by atoms with van der Waals surface area (Å²) in [6, 6.07) is 0.561. The monoisotopic (exact) mass is 302 g/mol. The van der Waals surface area contributed by atoms with Gasteiger partial charge in [-0.1, -0.05) is 0 Å². The summed E-state index contributed by atoms with van der Waals surface area (Å²) < 4.78 is 0. The summed E-state index contributed by atoms with van der Waals surface area (Å²) in [5.74, 6) is 0.0288. The summed E-state index contributed by atoms with van der Waals surface area (Å²) in [7, 11) is 0. The van der Waals surface area contributed by atoms with E-state index in [-0.39, 0.29) is 18.0 Å². The van der Waals surface area contributed by atoms with Gasteiger partial charge in [-0.2, -0.15) is 0 Å². The summed E-state index contributed by atoms with van der Waals surface area (Å²) in [5.41, 5.74) is 1.22. The first kappa shape index (κ1) is 14.1. The molecule has 110 valence electrons. The van der Waals surface area contributed by atoms with Crippen LogP contribution in [0.1, 0.15) is 43.6 Å². The second-order valence-corrected chi connectivity index (χ2v) is 6.33. The molecule has 0 N–H and O–H groups in total. The lowest BCUT2D eigenvalue weighted by atomic mass is 9.97. The van der Waals surface area contributed by atoms with E-state index in [0.29, 0.717) is 11.4 Å². The van der Waals surface area contributed by atoms with E-state index < -0.39 is 0 Å². The third-order valence-corrected chi connectivity index (χ3v) is 4.80. The van der Waals surface area contributed by atoms with Crippen molar-refractivity contribution in [1.29, 1.82) is 0 Å². The summed E-state index contributed by atoms with van der Waals surface area (Å²) in [4.78, 5) is 27.4. The van der Waals surface area contributed by atoms with Gasteiger partial charge in [0, 0.05) is 29.9 Å². The van der Waals surface area contributed by atoms with E-state index in [1.165, 1.54) is 17.8 Å².